The normalized spacial score (nSPS) is 20.1. The van der Waals surface area contributed by atoms with Gasteiger partial charge in [0.15, 0.2) is 5.78 Å². The van der Waals surface area contributed by atoms with Crippen LogP contribution in [0.1, 0.15) is 50.9 Å². The summed E-state index contributed by atoms with van der Waals surface area (Å²) in [5, 5.41) is 0. The van der Waals surface area contributed by atoms with E-state index in [-0.39, 0.29) is 24.0 Å². The van der Waals surface area contributed by atoms with E-state index >= 15 is 0 Å². The van der Waals surface area contributed by atoms with E-state index in [1.165, 1.54) is 6.92 Å². The molecule has 1 unspecified atom stereocenters. The molecule has 0 aliphatic carbocycles. The van der Waals surface area contributed by atoms with E-state index in [9.17, 15) is 9.59 Å². The predicted molar refractivity (Wildman–Crippen MR) is 98.7 cm³/mol. The summed E-state index contributed by atoms with van der Waals surface area (Å²) in [5.41, 5.74) is 0.0966. The molecule has 0 saturated carbocycles. The van der Waals surface area contributed by atoms with Gasteiger partial charge in [-0.1, -0.05) is 0 Å². The largest absolute Gasteiger partial charge is 0.491 e. The SMILES string of the molecule is COC[C@@H]1CCC(COc2ccc(C(C)=O)cc2)N1C(=O)OC(C)(C)C. The Labute approximate surface area is 155 Å². The number of likely N-dealkylation sites (tertiary alicyclic amines) is 1. The Morgan fingerprint density at radius 2 is 1.65 bits per heavy atom. The van der Waals surface area contributed by atoms with Gasteiger partial charge in [-0.15, -0.1) is 0 Å². The molecule has 1 aliphatic heterocycles. The summed E-state index contributed by atoms with van der Waals surface area (Å²) in [5.74, 6) is 0.695. The van der Waals surface area contributed by atoms with Crippen molar-refractivity contribution in [3.05, 3.63) is 29.8 Å². The second-order valence-corrected chi connectivity index (χ2v) is 7.62. The Hall–Kier alpha value is -2.08. The first-order chi connectivity index (χ1) is 12.2. The molecule has 144 valence electrons. The number of ether oxygens (including phenoxy) is 3. The summed E-state index contributed by atoms with van der Waals surface area (Å²) in [7, 11) is 1.63. The molecule has 0 N–H and O–H groups in total. The van der Waals surface area contributed by atoms with Crippen molar-refractivity contribution in [1.29, 1.82) is 0 Å². The first kappa shape index (κ1) is 20.2. The number of benzene rings is 1. The number of carbonyl (C=O) groups is 2. The molecule has 1 aromatic carbocycles. The number of nitrogens with zero attached hydrogens (tertiary/aromatic N) is 1. The molecule has 1 fully saturated rings. The molecule has 1 saturated heterocycles. The zero-order valence-electron chi connectivity index (χ0n) is 16.3. The van der Waals surface area contributed by atoms with Crippen LogP contribution in [0.15, 0.2) is 24.3 Å². The number of hydrogen-bond donors (Lipinski definition) is 0. The van der Waals surface area contributed by atoms with Gasteiger partial charge in [0, 0.05) is 12.7 Å². The van der Waals surface area contributed by atoms with Gasteiger partial charge < -0.3 is 14.2 Å². The van der Waals surface area contributed by atoms with Crippen LogP contribution in [0.25, 0.3) is 0 Å². The number of carbonyl (C=O) groups excluding carboxylic acids is 2. The highest BCUT2D eigenvalue weighted by atomic mass is 16.6. The Balaban J connectivity index is 2.03. The average Bonchev–Trinajstić information content (AvgIpc) is 2.95. The number of Topliss-reactive ketones (excluding diaryl/α,β-unsaturated/α-hetero) is 1. The van der Waals surface area contributed by atoms with E-state index in [4.69, 9.17) is 14.2 Å². The molecular weight excluding hydrogens is 334 g/mol. The van der Waals surface area contributed by atoms with Gasteiger partial charge in [-0.2, -0.15) is 0 Å². The number of methoxy groups -OCH3 is 1. The van der Waals surface area contributed by atoms with Gasteiger partial charge in [0.2, 0.25) is 0 Å². The smallest absolute Gasteiger partial charge is 0.410 e. The minimum absolute atomic E-state index is 0.0106. The number of hydrogen-bond acceptors (Lipinski definition) is 5. The standard InChI is InChI=1S/C20H29NO5/c1-14(22)15-6-10-18(11-7-15)25-13-17-9-8-16(12-24-5)21(17)19(23)26-20(2,3)4/h6-7,10-11,16-17H,8-9,12-13H2,1-5H3/t16-,17?/m0/s1. The Kier molecular flexibility index (Phi) is 6.64. The first-order valence-corrected chi connectivity index (χ1v) is 8.95. The summed E-state index contributed by atoms with van der Waals surface area (Å²) >= 11 is 0. The maximum atomic E-state index is 12.6. The number of ketones is 1. The Bertz CT molecular complexity index is 620. The van der Waals surface area contributed by atoms with Crippen LogP contribution in [0.4, 0.5) is 4.79 Å². The van der Waals surface area contributed by atoms with Crippen molar-refractivity contribution in [2.75, 3.05) is 20.3 Å². The number of rotatable bonds is 6. The molecule has 0 aromatic heterocycles. The molecule has 26 heavy (non-hydrogen) atoms. The molecule has 1 heterocycles. The molecule has 1 amide bonds. The topological polar surface area (TPSA) is 65.1 Å². The summed E-state index contributed by atoms with van der Waals surface area (Å²) in [4.78, 5) is 25.7. The van der Waals surface area contributed by atoms with Crippen LogP contribution >= 0.6 is 0 Å². The van der Waals surface area contributed by atoms with E-state index in [1.807, 2.05) is 20.8 Å². The third-order valence-corrected chi connectivity index (χ3v) is 4.29. The third-order valence-electron chi connectivity index (χ3n) is 4.29. The van der Waals surface area contributed by atoms with E-state index in [0.717, 1.165) is 12.8 Å². The van der Waals surface area contributed by atoms with Crippen molar-refractivity contribution < 1.29 is 23.8 Å². The Morgan fingerprint density at radius 1 is 1.08 bits per heavy atom. The molecular formula is C20H29NO5. The van der Waals surface area contributed by atoms with Crippen LogP contribution in [0, 0.1) is 0 Å². The summed E-state index contributed by atoms with van der Waals surface area (Å²) < 4.78 is 16.7. The lowest BCUT2D eigenvalue weighted by Crippen LogP contribution is -2.47. The van der Waals surface area contributed by atoms with E-state index in [1.54, 1.807) is 36.3 Å². The first-order valence-electron chi connectivity index (χ1n) is 8.95. The van der Waals surface area contributed by atoms with Crippen LogP contribution in [-0.4, -0.2) is 54.8 Å². The molecule has 0 spiro atoms. The van der Waals surface area contributed by atoms with Gasteiger partial charge in [0.25, 0.3) is 0 Å². The highest BCUT2D eigenvalue weighted by molar-refractivity contribution is 5.94. The monoisotopic (exact) mass is 363 g/mol. The zero-order chi connectivity index (χ0) is 19.3. The van der Waals surface area contributed by atoms with Crippen molar-refractivity contribution >= 4 is 11.9 Å². The quantitative estimate of drug-likeness (QED) is 0.721. The summed E-state index contributed by atoms with van der Waals surface area (Å²) in [6.45, 7) is 7.95. The van der Waals surface area contributed by atoms with Crippen LogP contribution < -0.4 is 4.74 Å². The molecule has 0 bridgehead atoms. The molecule has 6 heteroatoms. The van der Waals surface area contributed by atoms with Crippen LogP contribution in [0.5, 0.6) is 5.75 Å². The average molecular weight is 363 g/mol. The van der Waals surface area contributed by atoms with E-state index in [2.05, 4.69) is 0 Å². The van der Waals surface area contributed by atoms with E-state index < -0.39 is 5.60 Å². The van der Waals surface area contributed by atoms with Crippen molar-refractivity contribution in [2.24, 2.45) is 0 Å². The van der Waals surface area contributed by atoms with Crippen LogP contribution in [-0.2, 0) is 9.47 Å². The molecule has 1 aromatic rings. The number of amides is 1. The van der Waals surface area contributed by atoms with Crippen LogP contribution in [0.3, 0.4) is 0 Å². The predicted octanol–water partition coefficient (Wildman–Crippen LogP) is 3.68. The lowest BCUT2D eigenvalue weighted by molar-refractivity contribution is 0.00157. The lowest BCUT2D eigenvalue weighted by Gasteiger charge is -2.32. The fourth-order valence-electron chi connectivity index (χ4n) is 3.07. The van der Waals surface area contributed by atoms with Gasteiger partial charge in [-0.05, 0) is 64.8 Å². The zero-order valence-corrected chi connectivity index (χ0v) is 16.3. The molecule has 0 radical (unpaired) electrons. The van der Waals surface area contributed by atoms with Crippen molar-refractivity contribution in [1.82, 2.24) is 4.90 Å². The highest BCUT2D eigenvalue weighted by Crippen LogP contribution is 2.27. The lowest BCUT2D eigenvalue weighted by atomic mass is 10.1. The molecule has 2 rings (SSSR count). The fourth-order valence-corrected chi connectivity index (χ4v) is 3.07. The van der Waals surface area contributed by atoms with Gasteiger partial charge >= 0.3 is 6.09 Å². The Morgan fingerprint density at radius 3 is 2.15 bits per heavy atom. The molecule has 6 nitrogen and oxygen atoms in total. The molecule has 1 aliphatic rings. The summed E-state index contributed by atoms with van der Waals surface area (Å²) in [6.07, 6.45) is 1.35. The van der Waals surface area contributed by atoms with Crippen molar-refractivity contribution in [3.8, 4) is 5.75 Å². The van der Waals surface area contributed by atoms with Gasteiger partial charge in [0.1, 0.15) is 18.0 Å². The fraction of sp³-hybridized carbons (Fsp3) is 0.600. The minimum atomic E-state index is -0.550. The van der Waals surface area contributed by atoms with Crippen molar-refractivity contribution in [3.63, 3.8) is 0 Å². The van der Waals surface area contributed by atoms with E-state index in [0.29, 0.717) is 24.5 Å². The third kappa shape index (κ3) is 5.46. The van der Waals surface area contributed by atoms with Gasteiger partial charge in [-0.25, -0.2) is 4.79 Å². The summed E-state index contributed by atoms with van der Waals surface area (Å²) in [6, 6.07) is 6.95. The van der Waals surface area contributed by atoms with Gasteiger partial charge in [0.05, 0.1) is 18.7 Å². The minimum Gasteiger partial charge on any atom is -0.491 e. The maximum Gasteiger partial charge on any atom is 0.410 e. The van der Waals surface area contributed by atoms with Crippen LogP contribution in [0.2, 0.25) is 0 Å². The second kappa shape index (κ2) is 8.54. The second-order valence-electron chi connectivity index (χ2n) is 7.62. The molecule has 2 atom stereocenters. The highest BCUT2D eigenvalue weighted by Gasteiger charge is 2.39. The van der Waals surface area contributed by atoms with Gasteiger partial charge in [-0.3, -0.25) is 9.69 Å². The maximum absolute atomic E-state index is 12.6. The van der Waals surface area contributed by atoms with Crippen molar-refractivity contribution in [2.45, 2.75) is 58.2 Å².